The van der Waals surface area contributed by atoms with Crippen LogP contribution < -0.4 is 24.8 Å². The van der Waals surface area contributed by atoms with Crippen molar-refractivity contribution < 1.29 is 53.0 Å². The minimum atomic E-state index is -0.236. The molecule has 8 nitrogen and oxygen atoms in total. The number of nitrogens with zero attached hydrogens (tertiary/aromatic N) is 4. The van der Waals surface area contributed by atoms with Crippen LogP contribution in [0.5, 0.6) is 0 Å². The van der Waals surface area contributed by atoms with Crippen molar-refractivity contribution in [2.45, 2.75) is 26.2 Å². The second-order valence-electron chi connectivity index (χ2n) is 7.80. The zero-order valence-electron chi connectivity index (χ0n) is 15.9. The zero-order valence-corrected chi connectivity index (χ0v) is 17.4. The molecule has 10 heteroatoms. The van der Waals surface area contributed by atoms with Gasteiger partial charge in [-0.2, -0.15) is 0 Å². The summed E-state index contributed by atoms with van der Waals surface area (Å²) in [5.41, 5.74) is 0. The molecule has 3 saturated heterocycles. The van der Waals surface area contributed by atoms with Gasteiger partial charge >= 0.3 is 0 Å². The summed E-state index contributed by atoms with van der Waals surface area (Å²) in [6.07, 6.45) is 4.96. The predicted octanol–water partition coefficient (Wildman–Crippen LogP) is -6.80. The van der Waals surface area contributed by atoms with E-state index in [0.717, 1.165) is 39.3 Å². The van der Waals surface area contributed by atoms with Crippen LogP contribution in [0.1, 0.15) is 13.8 Å². The number of carbonyl (C=O) groups is 4. The monoisotopic (exact) mass is 430 g/mol. The lowest BCUT2D eigenvalue weighted by Gasteiger charge is -2.60. The SMILES string of the molecule is CC(N1C(=O)C=CC1=O)[N+]12CC[N+](C(C)N3C(=O)C=CC3=O)(CC1)CC2.[Cl-].[Cl-]. The molecule has 0 spiro atoms. The van der Waals surface area contributed by atoms with E-state index in [0.29, 0.717) is 8.97 Å². The Bertz CT molecular complexity index is 657. The van der Waals surface area contributed by atoms with E-state index in [4.69, 9.17) is 0 Å². The van der Waals surface area contributed by atoms with Gasteiger partial charge in [0.2, 0.25) is 0 Å². The number of halogens is 2. The molecule has 0 saturated carbocycles. The van der Waals surface area contributed by atoms with Crippen molar-refractivity contribution in [2.24, 2.45) is 0 Å². The number of hydrogen-bond acceptors (Lipinski definition) is 4. The first-order valence-electron chi connectivity index (χ1n) is 9.12. The van der Waals surface area contributed by atoms with Crippen LogP contribution in [-0.4, -0.2) is 94.0 Å². The summed E-state index contributed by atoms with van der Waals surface area (Å²) >= 11 is 0. The average Bonchev–Trinajstić information content (AvgIpc) is 3.16. The number of amides is 4. The van der Waals surface area contributed by atoms with Crippen molar-refractivity contribution in [3.8, 4) is 0 Å². The molecule has 0 radical (unpaired) electrons. The van der Waals surface area contributed by atoms with E-state index < -0.39 is 0 Å². The van der Waals surface area contributed by atoms with Gasteiger partial charge in [-0.15, -0.1) is 0 Å². The summed E-state index contributed by atoms with van der Waals surface area (Å²) < 4.78 is 1.43. The standard InChI is InChI=1S/C18H24N4O4.2ClH/c1-13(19-15(23)3-4-16(19)24)21-7-10-22(11-8-21,12-9-21)14(2)20-17(25)5-6-18(20)26;;/h3-6,13-14H,7-12H2,1-2H3;2*1H/q+2;;/p-2. The number of rotatable bonds is 4. The Morgan fingerprint density at radius 2 is 0.821 bits per heavy atom. The zero-order chi connectivity index (χ0) is 18.7. The number of fused-ring (bicyclic) bond motifs is 3. The quantitative estimate of drug-likeness (QED) is 0.328. The average molecular weight is 431 g/mol. The molecule has 5 heterocycles. The first-order chi connectivity index (χ1) is 12.3. The van der Waals surface area contributed by atoms with Crippen LogP contribution in [-0.2, 0) is 19.2 Å². The third-order valence-electron chi connectivity index (χ3n) is 6.99. The Morgan fingerprint density at radius 1 is 0.607 bits per heavy atom. The van der Waals surface area contributed by atoms with Gasteiger partial charge in [0.05, 0.1) is 0 Å². The van der Waals surface area contributed by atoms with Gasteiger partial charge in [-0.3, -0.25) is 28.1 Å². The van der Waals surface area contributed by atoms with E-state index in [1.165, 1.54) is 34.1 Å². The normalized spacial score (nSPS) is 33.2. The van der Waals surface area contributed by atoms with Gasteiger partial charge in [0.1, 0.15) is 39.3 Å². The molecular weight excluding hydrogens is 407 g/mol. The topological polar surface area (TPSA) is 74.8 Å². The van der Waals surface area contributed by atoms with E-state index in [1.54, 1.807) is 0 Å². The highest BCUT2D eigenvalue weighted by molar-refractivity contribution is 6.13. The van der Waals surface area contributed by atoms with Crippen molar-refractivity contribution in [1.29, 1.82) is 0 Å². The molecule has 0 N–H and O–H groups in total. The number of imide groups is 2. The highest BCUT2D eigenvalue weighted by Gasteiger charge is 2.57. The molecular formula is C18H24Cl2N4O4. The molecule has 5 aliphatic rings. The fraction of sp³-hybridized carbons (Fsp3) is 0.556. The maximum absolute atomic E-state index is 12.1. The molecule has 0 aromatic heterocycles. The Balaban J connectivity index is 0.00000140. The number of carbonyl (C=O) groups excluding carboxylic acids is 4. The van der Waals surface area contributed by atoms with Crippen LogP contribution in [0.15, 0.2) is 24.3 Å². The minimum absolute atomic E-state index is 0. The van der Waals surface area contributed by atoms with Crippen LogP contribution in [0.3, 0.4) is 0 Å². The third kappa shape index (κ3) is 3.08. The van der Waals surface area contributed by atoms with Gasteiger partial charge in [0.25, 0.3) is 23.6 Å². The maximum atomic E-state index is 12.1. The molecule has 2 atom stereocenters. The number of hydrogen-bond donors (Lipinski definition) is 0. The minimum Gasteiger partial charge on any atom is -1.00 e. The van der Waals surface area contributed by atoms with Crippen molar-refractivity contribution in [3.63, 3.8) is 0 Å². The molecule has 5 aliphatic heterocycles. The lowest BCUT2D eigenvalue weighted by Crippen LogP contribution is -3.00. The summed E-state index contributed by atoms with van der Waals surface area (Å²) in [7, 11) is 0. The summed E-state index contributed by atoms with van der Waals surface area (Å²) in [4.78, 5) is 51.0. The smallest absolute Gasteiger partial charge is 0.258 e. The van der Waals surface area contributed by atoms with Crippen LogP contribution in [0, 0.1) is 0 Å². The molecule has 2 bridgehead atoms. The maximum Gasteiger partial charge on any atom is 0.258 e. The van der Waals surface area contributed by atoms with Gasteiger partial charge in [-0.1, -0.05) is 0 Å². The number of quaternary nitrogens is 2. The van der Waals surface area contributed by atoms with Crippen molar-refractivity contribution >= 4 is 23.6 Å². The Morgan fingerprint density at radius 3 is 1.04 bits per heavy atom. The summed E-state index contributed by atoms with van der Waals surface area (Å²) in [5, 5.41) is 0. The second kappa shape index (κ2) is 7.59. The molecule has 0 aliphatic carbocycles. The molecule has 0 aromatic rings. The first kappa shape index (κ1) is 22.5. The largest absolute Gasteiger partial charge is 1.00 e. The van der Waals surface area contributed by atoms with Crippen LogP contribution in [0.2, 0.25) is 0 Å². The summed E-state index contributed by atoms with van der Waals surface area (Å²) in [5.74, 6) is -0.946. The van der Waals surface area contributed by atoms with Crippen LogP contribution in [0.25, 0.3) is 0 Å². The van der Waals surface area contributed by atoms with Crippen LogP contribution in [0.4, 0.5) is 0 Å². The molecule has 3 fully saturated rings. The van der Waals surface area contributed by atoms with Gasteiger partial charge in [-0.25, -0.2) is 9.80 Å². The first-order valence-corrected chi connectivity index (χ1v) is 9.12. The Hall–Kier alpha value is -1.74. The van der Waals surface area contributed by atoms with E-state index >= 15 is 0 Å². The Labute approximate surface area is 176 Å². The molecule has 2 unspecified atom stereocenters. The lowest BCUT2D eigenvalue weighted by molar-refractivity contribution is -1.10. The van der Waals surface area contributed by atoms with E-state index in [-0.39, 0.29) is 60.8 Å². The molecule has 0 aromatic carbocycles. The second-order valence-corrected chi connectivity index (χ2v) is 7.80. The van der Waals surface area contributed by atoms with E-state index in [1.807, 2.05) is 13.8 Å². The van der Waals surface area contributed by atoms with Gasteiger partial charge in [-0.05, 0) is 0 Å². The fourth-order valence-electron chi connectivity index (χ4n) is 5.04. The number of piperazine rings is 3. The van der Waals surface area contributed by atoms with E-state index in [9.17, 15) is 19.2 Å². The molecule has 28 heavy (non-hydrogen) atoms. The van der Waals surface area contributed by atoms with Crippen molar-refractivity contribution in [2.75, 3.05) is 39.3 Å². The predicted molar refractivity (Wildman–Crippen MR) is 90.6 cm³/mol. The highest BCUT2D eigenvalue weighted by atomic mass is 35.5. The highest BCUT2D eigenvalue weighted by Crippen LogP contribution is 2.34. The summed E-state index contributed by atoms with van der Waals surface area (Å²) in [6, 6.07) is 0. The lowest BCUT2D eigenvalue weighted by atomic mass is 10.0. The van der Waals surface area contributed by atoms with Gasteiger partial charge < -0.3 is 24.8 Å². The van der Waals surface area contributed by atoms with Crippen molar-refractivity contribution in [3.05, 3.63) is 24.3 Å². The molecule has 154 valence electrons. The van der Waals surface area contributed by atoms with Crippen LogP contribution >= 0.6 is 0 Å². The van der Waals surface area contributed by atoms with E-state index in [2.05, 4.69) is 0 Å². The fourth-order valence-corrected chi connectivity index (χ4v) is 5.04. The van der Waals surface area contributed by atoms with Gasteiger partial charge in [0.15, 0.2) is 12.3 Å². The molecule has 4 amide bonds. The van der Waals surface area contributed by atoms with Gasteiger partial charge in [0, 0.05) is 38.2 Å². The van der Waals surface area contributed by atoms with Crippen molar-refractivity contribution in [1.82, 2.24) is 9.80 Å². The Kier molecular flexibility index (Phi) is 6.11. The summed E-state index contributed by atoms with van der Waals surface area (Å²) in [6.45, 7) is 8.86. The third-order valence-corrected chi connectivity index (χ3v) is 6.99. The molecule has 5 rings (SSSR count).